The maximum atomic E-state index is 12.5. The lowest BCUT2D eigenvalue weighted by Gasteiger charge is -2.34. The quantitative estimate of drug-likeness (QED) is 0.924. The molecule has 22 heavy (non-hydrogen) atoms. The van der Waals surface area contributed by atoms with Gasteiger partial charge in [0.2, 0.25) is 5.91 Å². The first-order valence-corrected chi connectivity index (χ1v) is 7.80. The van der Waals surface area contributed by atoms with Gasteiger partial charge < -0.3 is 14.8 Å². The number of halogens is 1. The average Bonchev–Trinajstić information content (AvgIpc) is 2.49. The molecule has 1 heterocycles. The van der Waals surface area contributed by atoms with E-state index in [0.29, 0.717) is 23.1 Å². The number of carbonyl (C=O) groups is 1. The highest BCUT2D eigenvalue weighted by Gasteiger charge is 2.26. The molecule has 5 nitrogen and oxygen atoms in total. The van der Waals surface area contributed by atoms with Crippen molar-refractivity contribution in [3.05, 3.63) is 22.7 Å². The number of amides is 1. The molecular formula is C16H23ClN2O3. The number of nitrogens with one attached hydrogen (secondary N) is 1. The van der Waals surface area contributed by atoms with Crippen LogP contribution in [-0.2, 0) is 9.53 Å². The fourth-order valence-corrected chi connectivity index (χ4v) is 2.68. The second-order valence-electron chi connectivity index (χ2n) is 5.64. The Bertz CT molecular complexity index is 550. The van der Waals surface area contributed by atoms with E-state index in [1.807, 2.05) is 26.8 Å². The van der Waals surface area contributed by atoms with Crippen molar-refractivity contribution in [2.45, 2.75) is 32.9 Å². The molecule has 1 fully saturated rings. The molecule has 1 aliphatic rings. The third-order valence-electron chi connectivity index (χ3n) is 3.94. The van der Waals surface area contributed by atoms with E-state index in [9.17, 15) is 4.79 Å². The Labute approximate surface area is 136 Å². The van der Waals surface area contributed by atoms with Gasteiger partial charge in [-0.3, -0.25) is 9.69 Å². The standard InChI is InChI=1S/C16H23ClN2O3/c1-10-7-14(15(21-4)8-13(10)17)18-16(20)12(3)19-5-6-22-11(2)9-19/h7-8,11-12H,5-6,9H2,1-4H3,(H,18,20)/t11-,12-/m1/s1. The monoisotopic (exact) mass is 326 g/mol. The Morgan fingerprint density at radius 2 is 2.27 bits per heavy atom. The van der Waals surface area contributed by atoms with Crippen LogP contribution in [0.2, 0.25) is 5.02 Å². The zero-order valence-corrected chi connectivity index (χ0v) is 14.2. The lowest BCUT2D eigenvalue weighted by Crippen LogP contribution is -2.50. The minimum absolute atomic E-state index is 0.0610. The highest BCUT2D eigenvalue weighted by molar-refractivity contribution is 6.31. The molecule has 0 spiro atoms. The fourth-order valence-electron chi connectivity index (χ4n) is 2.53. The third-order valence-corrected chi connectivity index (χ3v) is 4.35. The Balaban J connectivity index is 2.09. The van der Waals surface area contributed by atoms with Crippen LogP contribution >= 0.6 is 11.6 Å². The predicted octanol–water partition coefficient (Wildman–Crippen LogP) is 2.70. The first-order valence-electron chi connectivity index (χ1n) is 7.43. The van der Waals surface area contributed by atoms with E-state index < -0.39 is 0 Å². The smallest absolute Gasteiger partial charge is 0.241 e. The first-order chi connectivity index (χ1) is 10.4. The van der Waals surface area contributed by atoms with Crippen LogP contribution < -0.4 is 10.1 Å². The second-order valence-corrected chi connectivity index (χ2v) is 6.05. The number of hydrogen-bond acceptors (Lipinski definition) is 4. The van der Waals surface area contributed by atoms with Crippen molar-refractivity contribution in [2.75, 3.05) is 32.1 Å². The van der Waals surface area contributed by atoms with Gasteiger partial charge in [0.05, 0.1) is 31.5 Å². The van der Waals surface area contributed by atoms with Crippen LogP contribution in [0.5, 0.6) is 5.75 Å². The number of benzene rings is 1. The van der Waals surface area contributed by atoms with Crippen LogP contribution in [0.3, 0.4) is 0 Å². The molecule has 1 saturated heterocycles. The van der Waals surface area contributed by atoms with Crippen molar-refractivity contribution in [2.24, 2.45) is 0 Å². The van der Waals surface area contributed by atoms with Gasteiger partial charge in [0.25, 0.3) is 0 Å². The lowest BCUT2D eigenvalue weighted by atomic mass is 10.1. The van der Waals surface area contributed by atoms with E-state index >= 15 is 0 Å². The van der Waals surface area contributed by atoms with Gasteiger partial charge in [-0.25, -0.2) is 0 Å². The van der Waals surface area contributed by atoms with Crippen LogP contribution in [0.4, 0.5) is 5.69 Å². The van der Waals surface area contributed by atoms with Gasteiger partial charge in [-0.1, -0.05) is 11.6 Å². The predicted molar refractivity (Wildman–Crippen MR) is 87.8 cm³/mol. The van der Waals surface area contributed by atoms with E-state index in [1.165, 1.54) is 0 Å². The highest BCUT2D eigenvalue weighted by Crippen LogP contribution is 2.31. The zero-order valence-electron chi connectivity index (χ0n) is 13.5. The second kappa shape index (κ2) is 7.31. The summed E-state index contributed by atoms with van der Waals surface area (Å²) in [6.45, 7) is 7.98. The molecule has 0 aliphatic carbocycles. The van der Waals surface area contributed by atoms with Crippen molar-refractivity contribution < 1.29 is 14.3 Å². The number of rotatable bonds is 4. The van der Waals surface area contributed by atoms with Gasteiger partial charge in [0.1, 0.15) is 5.75 Å². The number of anilines is 1. The number of methoxy groups -OCH3 is 1. The summed E-state index contributed by atoms with van der Waals surface area (Å²) in [7, 11) is 1.56. The molecule has 0 unspecified atom stereocenters. The third kappa shape index (κ3) is 3.91. The summed E-state index contributed by atoms with van der Waals surface area (Å²) < 4.78 is 10.8. The Morgan fingerprint density at radius 3 is 2.91 bits per heavy atom. The molecule has 0 radical (unpaired) electrons. The molecule has 0 bridgehead atoms. The topological polar surface area (TPSA) is 50.8 Å². The minimum atomic E-state index is -0.230. The van der Waals surface area contributed by atoms with Gasteiger partial charge in [-0.2, -0.15) is 0 Å². The van der Waals surface area contributed by atoms with E-state index in [4.69, 9.17) is 21.1 Å². The summed E-state index contributed by atoms with van der Waals surface area (Å²) in [4.78, 5) is 14.6. The SMILES string of the molecule is COc1cc(Cl)c(C)cc1NC(=O)[C@@H](C)N1CCO[C@H](C)C1. The van der Waals surface area contributed by atoms with Crippen LogP contribution in [0.15, 0.2) is 12.1 Å². The molecule has 1 aliphatic heterocycles. The normalized spacial score (nSPS) is 20.5. The summed E-state index contributed by atoms with van der Waals surface area (Å²) in [6.07, 6.45) is 0.149. The molecule has 0 aromatic heterocycles. The van der Waals surface area contributed by atoms with E-state index in [1.54, 1.807) is 13.2 Å². The summed E-state index contributed by atoms with van der Waals surface area (Å²) in [5.41, 5.74) is 1.54. The minimum Gasteiger partial charge on any atom is -0.495 e. The van der Waals surface area contributed by atoms with Gasteiger partial charge in [0.15, 0.2) is 0 Å². The number of morpholine rings is 1. The molecule has 1 aromatic rings. The van der Waals surface area contributed by atoms with E-state index in [2.05, 4.69) is 10.2 Å². The maximum Gasteiger partial charge on any atom is 0.241 e. The Morgan fingerprint density at radius 1 is 1.55 bits per heavy atom. The Kier molecular flexibility index (Phi) is 5.67. The molecular weight excluding hydrogens is 304 g/mol. The molecule has 0 saturated carbocycles. The van der Waals surface area contributed by atoms with Gasteiger partial charge >= 0.3 is 0 Å². The average molecular weight is 327 g/mol. The molecule has 6 heteroatoms. The molecule has 1 N–H and O–H groups in total. The van der Waals surface area contributed by atoms with Crippen molar-refractivity contribution in [3.8, 4) is 5.75 Å². The van der Waals surface area contributed by atoms with Gasteiger partial charge in [-0.05, 0) is 32.4 Å². The van der Waals surface area contributed by atoms with Crippen LogP contribution in [-0.4, -0.2) is 49.8 Å². The molecule has 122 valence electrons. The van der Waals surface area contributed by atoms with Crippen molar-refractivity contribution in [1.29, 1.82) is 0 Å². The van der Waals surface area contributed by atoms with Crippen LogP contribution in [0, 0.1) is 6.92 Å². The van der Waals surface area contributed by atoms with E-state index in [-0.39, 0.29) is 18.1 Å². The fraction of sp³-hybridized carbons (Fsp3) is 0.562. The van der Waals surface area contributed by atoms with Crippen molar-refractivity contribution in [3.63, 3.8) is 0 Å². The lowest BCUT2D eigenvalue weighted by molar-refractivity contribution is -0.123. The highest BCUT2D eigenvalue weighted by atomic mass is 35.5. The van der Waals surface area contributed by atoms with Gasteiger partial charge in [-0.15, -0.1) is 0 Å². The molecule has 1 amide bonds. The molecule has 1 aromatic carbocycles. The van der Waals surface area contributed by atoms with Crippen LogP contribution in [0.25, 0.3) is 0 Å². The van der Waals surface area contributed by atoms with Crippen molar-refractivity contribution in [1.82, 2.24) is 4.90 Å². The number of aryl methyl sites for hydroxylation is 1. The number of hydrogen-bond donors (Lipinski definition) is 1. The Hall–Kier alpha value is -1.30. The summed E-state index contributed by atoms with van der Waals surface area (Å²) >= 11 is 6.09. The van der Waals surface area contributed by atoms with Gasteiger partial charge in [0, 0.05) is 24.2 Å². The summed E-state index contributed by atoms with van der Waals surface area (Å²) in [6, 6.07) is 3.31. The maximum absolute atomic E-state index is 12.5. The molecule has 2 atom stereocenters. The summed E-state index contributed by atoms with van der Waals surface area (Å²) in [5, 5.41) is 3.55. The number of carbonyl (C=O) groups excluding carboxylic acids is 1. The van der Waals surface area contributed by atoms with Crippen LogP contribution in [0.1, 0.15) is 19.4 Å². The van der Waals surface area contributed by atoms with Crippen molar-refractivity contribution >= 4 is 23.2 Å². The number of ether oxygens (including phenoxy) is 2. The first kappa shape index (κ1) is 17.1. The largest absolute Gasteiger partial charge is 0.495 e. The number of nitrogens with zero attached hydrogens (tertiary/aromatic N) is 1. The summed E-state index contributed by atoms with van der Waals surface area (Å²) in [5.74, 6) is 0.501. The molecule has 2 rings (SSSR count). The zero-order chi connectivity index (χ0) is 16.3. The van der Waals surface area contributed by atoms with E-state index in [0.717, 1.165) is 18.7 Å².